The first-order chi connectivity index (χ1) is 8.66. The summed E-state index contributed by atoms with van der Waals surface area (Å²) in [5, 5.41) is 3.26. The first-order valence-corrected chi connectivity index (χ1v) is 7.32. The number of nitrogens with zero attached hydrogens (tertiary/aromatic N) is 1. The second kappa shape index (κ2) is 6.41. The van der Waals surface area contributed by atoms with Crippen molar-refractivity contribution in [1.82, 2.24) is 5.32 Å². The lowest BCUT2D eigenvalue weighted by molar-refractivity contribution is 0.0549. The van der Waals surface area contributed by atoms with Crippen molar-refractivity contribution in [3.8, 4) is 0 Å². The molecule has 0 amide bonds. The Labute approximate surface area is 110 Å². The van der Waals surface area contributed by atoms with Crippen LogP contribution in [0.4, 0.5) is 0 Å². The molecule has 2 rings (SSSR count). The van der Waals surface area contributed by atoms with E-state index in [1.54, 1.807) is 0 Å². The molecular weight excluding hydrogens is 226 g/mol. The normalized spacial score (nSPS) is 29.6. The van der Waals surface area contributed by atoms with E-state index in [0.717, 1.165) is 32.0 Å². The zero-order valence-corrected chi connectivity index (χ0v) is 11.7. The number of ether oxygens (including phenoxy) is 1. The lowest BCUT2D eigenvalue weighted by atomic mass is 9.86. The number of rotatable bonds is 5. The van der Waals surface area contributed by atoms with E-state index in [2.05, 4.69) is 24.2 Å². The molecule has 1 saturated heterocycles. The quantitative estimate of drug-likeness (QED) is 0.580. The molecule has 2 fully saturated rings. The van der Waals surface area contributed by atoms with E-state index in [1.807, 2.05) is 0 Å². The van der Waals surface area contributed by atoms with Crippen LogP contribution >= 0.6 is 0 Å². The van der Waals surface area contributed by atoms with E-state index < -0.39 is 0 Å². The molecule has 2 atom stereocenters. The lowest BCUT2D eigenvalue weighted by Crippen LogP contribution is -2.39. The molecule has 0 aromatic rings. The molecule has 1 saturated carbocycles. The Hall–Kier alpha value is -0.770. The number of nitrogens with two attached hydrogens (primary N) is 1. The van der Waals surface area contributed by atoms with Gasteiger partial charge in [0.05, 0.1) is 6.10 Å². The summed E-state index contributed by atoms with van der Waals surface area (Å²) < 4.78 is 5.76. The van der Waals surface area contributed by atoms with Crippen LogP contribution in [-0.4, -0.2) is 31.8 Å². The molecule has 3 N–H and O–H groups in total. The van der Waals surface area contributed by atoms with Crippen molar-refractivity contribution in [2.75, 3.05) is 19.7 Å². The van der Waals surface area contributed by atoms with Crippen LogP contribution in [0.25, 0.3) is 0 Å². The number of aliphatic imine (C=N–C) groups is 1. The molecule has 18 heavy (non-hydrogen) atoms. The van der Waals surface area contributed by atoms with Crippen molar-refractivity contribution in [3.05, 3.63) is 0 Å². The predicted octanol–water partition coefficient (Wildman–Crippen LogP) is 1.75. The average Bonchev–Trinajstić information content (AvgIpc) is 2.72. The largest absolute Gasteiger partial charge is 0.378 e. The maximum atomic E-state index is 5.90. The first kappa shape index (κ1) is 13.7. The third kappa shape index (κ3) is 3.61. The summed E-state index contributed by atoms with van der Waals surface area (Å²) in [6.45, 7) is 7.11. The van der Waals surface area contributed by atoms with Crippen molar-refractivity contribution < 1.29 is 4.74 Å². The Morgan fingerprint density at radius 2 is 2.17 bits per heavy atom. The van der Waals surface area contributed by atoms with Gasteiger partial charge in [-0.25, -0.2) is 0 Å². The van der Waals surface area contributed by atoms with Crippen molar-refractivity contribution in [3.63, 3.8) is 0 Å². The van der Waals surface area contributed by atoms with E-state index in [4.69, 9.17) is 10.5 Å². The molecule has 1 heterocycles. The van der Waals surface area contributed by atoms with Crippen molar-refractivity contribution in [2.24, 2.45) is 28.5 Å². The highest BCUT2D eigenvalue weighted by Gasteiger charge is 2.30. The highest BCUT2D eigenvalue weighted by atomic mass is 16.5. The van der Waals surface area contributed by atoms with E-state index >= 15 is 0 Å². The fraction of sp³-hybridized carbons (Fsp3) is 0.929. The summed E-state index contributed by atoms with van der Waals surface area (Å²) in [6.07, 6.45) is 5.51. The predicted molar refractivity (Wildman–Crippen MR) is 74.5 cm³/mol. The van der Waals surface area contributed by atoms with Crippen LogP contribution in [0.15, 0.2) is 4.99 Å². The highest BCUT2D eigenvalue weighted by Crippen LogP contribution is 2.27. The van der Waals surface area contributed by atoms with E-state index in [9.17, 15) is 0 Å². The molecule has 1 aliphatic carbocycles. The third-order valence-electron chi connectivity index (χ3n) is 4.21. The number of hydrogen-bond acceptors (Lipinski definition) is 2. The van der Waals surface area contributed by atoms with Gasteiger partial charge >= 0.3 is 0 Å². The number of nitrogens with one attached hydrogen (secondary N) is 1. The van der Waals surface area contributed by atoms with E-state index in [1.165, 1.54) is 19.3 Å². The molecule has 2 unspecified atom stereocenters. The van der Waals surface area contributed by atoms with Crippen molar-refractivity contribution in [2.45, 2.75) is 45.6 Å². The summed E-state index contributed by atoms with van der Waals surface area (Å²) >= 11 is 0. The second-order valence-electron chi connectivity index (χ2n) is 6.03. The molecule has 4 nitrogen and oxygen atoms in total. The summed E-state index contributed by atoms with van der Waals surface area (Å²) in [7, 11) is 0. The van der Waals surface area contributed by atoms with Gasteiger partial charge in [0.2, 0.25) is 0 Å². The minimum atomic E-state index is 0.372. The first-order valence-electron chi connectivity index (χ1n) is 7.32. The Morgan fingerprint density at radius 1 is 1.39 bits per heavy atom. The molecule has 0 spiro atoms. The van der Waals surface area contributed by atoms with Gasteiger partial charge in [0.15, 0.2) is 5.96 Å². The van der Waals surface area contributed by atoms with Gasteiger partial charge in [-0.05, 0) is 31.1 Å². The average molecular weight is 253 g/mol. The number of guanidine groups is 1. The van der Waals surface area contributed by atoms with Gasteiger partial charge in [-0.3, -0.25) is 4.99 Å². The minimum absolute atomic E-state index is 0.372. The van der Waals surface area contributed by atoms with Crippen LogP contribution in [0, 0.1) is 17.8 Å². The van der Waals surface area contributed by atoms with Gasteiger partial charge in [-0.2, -0.15) is 0 Å². The molecule has 0 radical (unpaired) electrons. The van der Waals surface area contributed by atoms with Crippen LogP contribution in [0.5, 0.6) is 0 Å². The highest BCUT2D eigenvalue weighted by molar-refractivity contribution is 5.77. The summed E-state index contributed by atoms with van der Waals surface area (Å²) in [5.74, 6) is 2.54. The fourth-order valence-corrected chi connectivity index (χ4v) is 2.81. The second-order valence-corrected chi connectivity index (χ2v) is 6.03. The van der Waals surface area contributed by atoms with Gasteiger partial charge in [0.1, 0.15) is 0 Å². The van der Waals surface area contributed by atoms with Crippen LogP contribution in [-0.2, 0) is 4.74 Å². The van der Waals surface area contributed by atoms with Crippen LogP contribution in [0.1, 0.15) is 39.5 Å². The zero-order chi connectivity index (χ0) is 13.0. The Kier molecular flexibility index (Phi) is 4.87. The monoisotopic (exact) mass is 253 g/mol. The van der Waals surface area contributed by atoms with Gasteiger partial charge in [-0.1, -0.05) is 20.3 Å². The van der Waals surface area contributed by atoms with E-state index in [0.29, 0.717) is 23.9 Å². The topological polar surface area (TPSA) is 59.6 Å². The molecule has 0 aromatic heterocycles. The van der Waals surface area contributed by atoms with Crippen LogP contribution in [0.3, 0.4) is 0 Å². The minimum Gasteiger partial charge on any atom is -0.378 e. The Balaban J connectivity index is 1.69. The molecule has 104 valence electrons. The molecule has 2 aliphatic rings. The summed E-state index contributed by atoms with van der Waals surface area (Å²) in [6, 6.07) is 0. The summed E-state index contributed by atoms with van der Waals surface area (Å²) in [5.41, 5.74) is 5.90. The standard InChI is InChI=1S/C14H27N3O/c1-10(2)13-12(6-7-18-13)9-17-14(15)16-8-11-4-3-5-11/h10-13H,3-9H2,1-2H3,(H3,15,16,17). The van der Waals surface area contributed by atoms with Crippen molar-refractivity contribution in [1.29, 1.82) is 0 Å². The Bertz CT molecular complexity index is 287. The summed E-state index contributed by atoms with van der Waals surface area (Å²) in [4.78, 5) is 4.42. The lowest BCUT2D eigenvalue weighted by Gasteiger charge is -2.24. The van der Waals surface area contributed by atoms with Gasteiger partial charge in [0.25, 0.3) is 0 Å². The van der Waals surface area contributed by atoms with Gasteiger partial charge < -0.3 is 15.8 Å². The molecule has 4 heteroatoms. The molecular formula is C14H27N3O. The maximum Gasteiger partial charge on any atom is 0.188 e. The molecule has 0 aromatic carbocycles. The molecule has 1 aliphatic heterocycles. The van der Waals surface area contributed by atoms with Gasteiger partial charge in [0, 0.05) is 25.6 Å². The maximum absolute atomic E-state index is 5.90. The van der Waals surface area contributed by atoms with Gasteiger partial charge in [-0.15, -0.1) is 0 Å². The number of hydrogen-bond donors (Lipinski definition) is 2. The van der Waals surface area contributed by atoms with E-state index in [-0.39, 0.29) is 0 Å². The van der Waals surface area contributed by atoms with Crippen molar-refractivity contribution >= 4 is 5.96 Å². The molecule has 0 bridgehead atoms. The van der Waals surface area contributed by atoms with Crippen LogP contribution in [0.2, 0.25) is 0 Å². The fourth-order valence-electron chi connectivity index (χ4n) is 2.81. The Morgan fingerprint density at radius 3 is 2.78 bits per heavy atom. The third-order valence-corrected chi connectivity index (χ3v) is 4.21. The zero-order valence-electron chi connectivity index (χ0n) is 11.7. The van der Waals surface area contributed by atoms with Crippen LogP contribution < -0.4 is 11.1 Å². The smallest absolute Gasteiger partial charge is 0.188 e. The SMILES string of the molecule is CC(C)C1OCCC1CNC(N)=NCC1CCC1.